The number of ketones is 1. The summed E-state index contributed by atoms with van der Waals surface area (Å²) in [5.74, 6) is -0.639. The fourth-order valence-corrected chi connectivity index (χ4v) is 3.49. The SMILES string of the molecule is COc1cccc(OC)c1C(=O)[C@@H](C#N)c1nc2ccccc2s1. The monoisotopic (exact) mass is 338 g/mol. The molecule has 1 heterocycles. The van der Waals surface area contributed by atoms with Crippen molar-refractivity contribution in [3.8, 4) is 17.6 Å². The van der Waals surface area contributed by atoms with Gasteiger partial charge in [0, 0.05) is 0 Å². The smallest absolute Gasteiger partial charge is 0.194 e. The maximum Gasteiger partial charge on any atom is 0.194 e. The molecule has 120 valence electrons. The van der Waals surface area contributed by atoms with Crippen molar-refractivity contribution < 1.29 is 14.3 Å². The van der Waals surface area contributed by atoms with E-state index in [2.05, 4.69) is 11.1 Å². The van der Waals surface area contributed by atoms with E-state index in [0.29, 0.717) is 16.5 Å². The molecule has 0 spiro atoms. The van der Waals surface area contributed by atoms with Gasteiger partial charge in [-0.25, -0.2) is 4.98 Å². The Kier molecular flexibility index (Phi) is 4.45. The molecule has 24 heavy (non-hydrogen) atoms. The van der Waals surface area contributed by atoms with Gasteiger partial charge in [-0.15, -0.1) is 11.3 Å². The fourth-order valence-electron chi connectivity index (χ4n) is 2.48. The Morgan fingerprint density at radius 1 is 1.12 bits per heavy atom. The summed E-state index contributed by atoms with van der Waals surface area (Å²) in [4.78, 5) is 17.4. The van der Waals surface area contributed by atoms with Crippen molar-refractivity contribution in [3.63, 3.8) is 0 Å². The highest BCUT2D eigenvalue weighted by Crippen LogP contribution is 2.35. The zero-order valence-corrected chi connectivity index (χ0v) is 14.0. The van der Waals surface area contributed by atoms with Crippen LogP contribution in [0.4, 0.5) is 0 Å². The molecule has 3 aromatic rings. The van der Waals surface area contributed by atoms with Crippen molar-refractivity contribution in [1.82, 2.24) is 4.98 Å². The third-order valence-electron chi connectivity index (χ3n) is 3.62. The molecule has 0 aliphatic carbocycles. The topological polar surface area (TPSA) is 72.2 Å². The van der Waals surface area contributed by atoms with Crippen LogP contribution < -0.4 is 9.47 Å². The third kappa shape index (κ3) is 2.70. The largest absolute Gasteiger partial charge is 0.496 e. The first-order chi connectivity index (χ1) is 11.7. The first-order valence-corrected chi connectivity index (χ1v) is 8.01. The van der Waals surface area contributed by atoms with E-state index in [1.165, 1.54) is 25.6 Å². The van der Waals surface area contributed by atoms with Crippen LogP contribution in [0.25, 0.3) is 10.2 Å². The van der Waals surface area contributed by atoms with Crippen molar-refractivity contribution in [2.24, 2.45) is 0 Å². The number of hydrogen-bond donors (Lipinski definition) is 0. The van der Waals surface area contributed by atoms with Gasteiger partial charge in [-0.2, -0.15) is 5.26 Å². The first-order valence-electron chi connectivity index (χ1n) is 7.20. The van der Waals surface area contributed by atoms with Crippen molar-refractivity contribution in [3.05, 3.63) is 53.0 Å². The lowest BCUT2D eigenvalue weighted by Gasteiger charge is -2.13. The lowest BCUT2D eigenvalue weighted by Crippen LogP contribution is -2.13. The van der Waals surface area contributed by atoms with E-state index in [1.54, 1.807) is 18.2 Å². The standard InChI is InChI=1S/C18H14N2O3S/c1-22-13-7-5-8-14(23-2)16(13)17(21)11(10-19)18-20-12-6-3-4-9-15(12)24-18/h3-9,11H,1-2H3/t11-/m1/s1. The Morgan fingerprint density at radius 2 is 1.79 bits per heavy atom. The summed E-state index contributed by atoms with van der Waals surface area (Å²) >= 11 is 1.34. The molecule has 1 aromatic heterocycles. The number of hydrogen-bond acceptors (Lipinski definition) is 6. The lowest BCUT2D eigenvalue weighted by atomic mass is 9.97. The lowest BCUT2D eigenvalue weighted by molar-refractivity contribution is 0.0972. The molecule has 0 N–H and O–H groups in total. The second kappa shape index (κ2) is 6.69. The van der Waals surface area contributed by atoms with E-state index in [1.807, 2.05) is 24.3 Å². The number of nitrogens with zero attached hydrogens (tertiary/aromatic N) is 2. The highest BCUT2D eigenvalue weighted by molar-refractivity contribution is 7.18. The minimum absolute atomic E-state index is 0.258. The summed E-state index contributed by atoms with van der Waals surface area (Å²) in [7, 11) is 2.95. The van der Waals surface area contributed by atoms with Gasteiger partial charge >= 0.3 is 0 Å². The predicted molar refractivity (Wildman–Crippen MR) is 91.9 cm³/mol. The molecule has 1 atom stereocenters. The van der Waals surface area contributed by atoms with Crippen LogP contribution in [0.3, 0.4) is 0 Å². The summed E-state index contributed by atoms with van der Waals surface area (Å²) in [6.07, 6.45) is 0. The van der Waals surface area contributed by atoms with Crippen molar-refractivity contribution in [2.45, 2.75) is 5.92 Å². The molecule has 0 radical (unpaired) electrons. The Labute approximate surface area is 143 Å². The molecule has 3 rings (SSSR count). The highest BCUT2D eigenvalue weighted by Gasteiger charge is 2.30. The van der Waals surface area contributed by atoms with Gasteiger partial charge in [-0.1, -0.05) is 18.2 Å². The molecule has 0 fully saturated rings. The quantitative estimate of drug-likeness (QED) is 0.662. The number of carbonyl (C=O) groups is 1. The number of Topliss-reactive ketones (excluding diaryl/α,β-unsaturated/α-hetero) is 1. The number of carbonyl (C=O) groups excluding carboxylic acids is 1. The summed E-state index contributed by atoms with van der Waals surface area (Å²) < 4.78 is 11.5. The van der Waals surface area contributed by atoms with Gasteiger partial charge in [0.2, 0.25) is 0 Å². The van der Waals surface area contributed by atoms with E-state index >= 15 is 0 Å². The van der Waals surface area contributed by atoms with Crippen molar-refractivity contribution >= 4 is 27.3 Å². The summed E-state index contributed by atoms with van der Waals surface area (Å²) in [5.41, 5.74) is 1.03. The van der Waals surface area contributed by atoms with E-state index in [0.717, 1.165) is 10.2 Å². The van der Waals surface area contributed by atoms with Crippen LogP contribution in [0.5, 0.6) is 11.5 Å². The molecule has 0 saturated carbocycles. The molecule has 5 nitrogen and oxygen atoms in total. The van der Waals surface area contributed by atoms with Crippen LogP contribution in [-0.4, -0.2) is 25.0 Å². The molecule has 0 aliphatic rings. The van der Waals surface area contributed by atoms with Crippen LogP contribution in [0.1, 0.15) is 21.3 Å². The van der Waals surface area contributed by atoms with Gasteiger partial charge in [0.1, 0.15) is 22.1 Å². The van der Waals surface area contributed by atoms with Gasteiger partial charge < -0.3 is 9.47 Å². The molecular weight excluding hydrogens is 324 g/mol. The number of rotatable bonds is 5. The van der Waals surface area contributed by atoms with Crippen LogP contribution in [0, 0.1) is 11.3 Å². The predicted octanol–water partition coefficient (Wildman–Crippen LogP) is 3.80. The highest BCUT2D eigenvalue weighted by atomic mass is 32.1. The molecule has 0 aliphatic heterocycles. The number of benzene rings is 2. The zero-order valence-electron chi connectivity index (χ0n) is 13.1. The number of nitriles is 1. The second-order valence-corrected chi connectivity index (χ2v) is 6.05. The molecular formula is C18H14N2O3S. The van der Waals surface area contributed by atoms with Gasteiger partial charge in [0.15, 0.2) is 11.7 Å². The normalized spacial score (nSPS) is 11.7. The zero-order chi connectivity index (χ0) is 17.1. The number of thiazole rings is 1. The van der Waals surface area contributed by atoms with Crippen molar-refractivity contribution in [1.29, 1.82) is 5.26 Å². The van der Waals surface area contributed by atoms with E-state index in [-0.39, 0.29) is 11.3 Å². The molecule has 0 unspecified atom stereocenters. The third-order valence-corrected chi connectivity index (χ3v) is 4.72. The van der Waals surface area contributed by atoms with Gasteiger partial charge in [-0.05, 0) is 24.3 Å². The van der Waals surface area contributed by atoms with Gasteiger partial charge in [-0.3, -0.25) is 4.79 Å². The minimum Gasteiger partial charge on any atom is -0.496 e. The number of fused-ring (bicyclic) bond motifs is 1. The van der Waals surface area contributed by atoms with Crippen LogP contribution in [0.2, 0.25) is 0 Å². The Morgan fingerprint density at radius 3 is 2.38 bits per heavy atom. The Hall–Kier alpha value is -2.91. The first kappa shape index (κ1) is 16.0. The number of para-hydroxylation sites is 1. The molecule has 2 aromatic carbocycles. The van der Waals surface area contributed by atoms with Crippen LogP contribution in [0.15, 0.2) is 42.5 Å². The summed E-state index contributed by atoms with van der Waals surface area (Å²) in [6.45, 7) is 0. The average Bonchev–Trinajstić information content (AvgIpc) is 3.04. The average molecular weight is 338 g/mol. The molecule has 6 heteroatoms. The Bertz CT molecular complexity index is 888. The fraction of sp³-hybridized carbons (Fsp3) is 0.167. The second-order valence-electron chi connectivity index (χ2n) is 4.98. The van der Waals surface area contributed by atoms with E-state index in [4.69, 9.17) is 9.47 Å². The molecule has 0 saturated heterocycles. The van der Waals surface area contributed by atoms with Crippen LogP contribution in [-0.2, 0) is 0 Å². The van der Waals surface area contributed by atoms with Crippen molar-refractivity contribution in [2.75, 3.05) is 14.2 Å². The number of aromatic nitrogens is 1. The van der Waals surface area contributed by atoms with E-state index in [9.17, 15) is 10.1 Å². The van der Waals surface area contributed by atoms with Gasteiger partial charge in [0.25, 0.3) is 0 Å². The maximum absolute atomic E-state index is 13.0. The number of ether oxygens (including phenoxy) is 2. The molecule has 0 amide bonds. The summed E-state index contributed by atoms with van der Waals surface area (Å²) in [5, 5.41) is 10.0. The minimum atomic E-state index is -1.01. The summed E-state index contributed by atoms with van der Waals surface area (Å²) in [6, 6.07) is 14.7. The van der Waals surface area contributed by atoms with Gasteiger partial charge in [0.05, 0.1) is 30.5 Å². The Balaban J connectivity index is 2.09. The molecule has 0 bridgehead atoms. The van der Waals surface area contributed by atoms with E-state index < -0.39 is 5.92 Å². The number of methoxy groups -OCH3 is 2. The van der Waals surface area contributed by atoms with Crippen LogP contribution >= 0.6 is 11.3 Å². The maximum atomic E-state index is 13.0.